The number of rotatable bonds is 3. The van der Waals surface area contributed by atoms with Crippen molar-refractivity contribution in [3.63, 3.8) is 0 Å². The molecule has 0 unspecified atom stereocenters. The number of hydrogen-bond donors (Lipinski definition) is 2. The molecule has 1 aliphatic heterocycles. The monoisotopic (exact) mass is 391 g/mol. The summed E-state index contributed by atoms with van der Waals surface area (Å²) in [6, 6.07) is 8.20. The molecule has 1 aromatic rings. The predicted molar refractivity (Wildman–Crippen MR) is 98.5 cm³/mol. The van der Waals surface area contributed by atoms with E-state index in [1.807, 2.05) is 18.2 Å². The molecule has 0 spiro atoms. The van der Waals surface area contributed by atoms with Crippen molar-refractivity contribution in [3.8, 4) is 0 Å². The van der Waals surface area contributed by atoms with Gasteiger partial charge in [-0.3, -0.25) is 15.0 Å². The van der Waals surface area contributed by atoms with Gasteiger partial charge in [-0.1, -0.05) is 30.3 Å². The number of amides is 3. The van der Waals surface area contributed by atoms with Crippen LogP contribution in [0.3, 0.4) is 0 Å². The van der Waals surface area contributed by atoms with Gasteiger partial charge in [0.15, 0.2) is 0 Å². The molecule has 1 aliphatic rings. The molecule has 1 heterocycles. The van der Waals surface area contributed by atoms with Crippen molar-refractivity contribution >= 4 is 23.9 Å². The first kappa shape index (κ1) is 21.2. The minimum absolute atomic E-state index is 0.0508. The van der Waals surface area contributed by atoms with Gasteiger partial charge in [-0.25, -0.2) is 15.0 Å². The highest BCUT2D eigenvalue weighted by Crippen LogP contribution is 2.19. The third-order valence-electron chi connectivity index (χ3n) is 3.89. The first-order valence-corrected chi connectivity index (χ1v) is 8.98. The topological polar surface area (TPSA) is 114 Å². The third kappa shape index (κ3) is 6.26. The molecule has 1 aromatic carbocycles. The molecular weight excluding hydrogens is 366 g/mol. The van der Waals surface area contributed by atoms with Crippen molar-refractivity contribution in [3.05, 3.63) is 35.9 Å². The van der Waals surface area contributed by atoms with Crippen LogP contribution in [0.25, 0.3) is 0 Å². The quantitative estimate of drug-likeness (QED) is 0.456. The number of nitrogens with zero attached hydrogens (tertiary/aromatic N) is 1. The number of likely N-dealkylation sites (tertiary alicyclic amines) is 1. The standard InChI is InChI=1S/C19H25N3O6/c1-19(2,3)28-17(25)16(24)22-11-7-10-14(22)15(23)20-21-18(26)27-12-13-8-5-4-6-9-13/h4-6,8-9,14H,7,10-12H2,1-3H3,(H,20,23)(H,21,26)/t14-/m0/s1. The van der Waals surface area contributed by atoms with Crippen molar-refractivity contribution in [2.45, 2.75) is 51.9 Å². The van der Waals surface area contributed by atoms with E-state index in [1.54, 1.807) is 32.9 Å². The molecular formula is C19H25N3O6. The molecule has 0 aliphatic carbocycles. The fraction of sp³-hybridized carbons (Fsp3) is 0.474. The van der Waals surface area contributed by atoms with Crippen LogP contribution in [-0.4, -0.2) is 47.0 Å². The number of hydrogen-bond acceptors (Lipinski definition) is 6. The molecule has 3 amide bonds. The van der Waals surface area contributed by atoms with Crippen LogP contribution in [0.5, 0.6) is 0 Å². The van der Waals surface area contributed by atoms with Crippen molar-refractivity contribution in [1.29, 1.82) is 0 Å². The zero-order valence-corrected chi connectivity index (χ0v) is 16.2. The van der Waals surface area contributed by atoms with Crippen LogP contribution in [-0.2, 0) is 30.5 Å². The molecule has 152 valence electrons. The number of hydrazine groups is 1. The van der Waals surface area contributed by atoms with Crippen LogP contribution in [0, 0.1) is 0 Å². The largest absolute Gasteiger partial charge is 0.453 e. The van der Waals surface area contributed by atoms with Gasteiger partial charge in [-0.15, -0.1) is 0 Å². The van der Waals surface area contributed by atoms with Crippen LogP contribution in [0.4, 0.5) is 4.79 Å². The maximum Gasteiger partial charge on any atom is 0.426 e. The van der Waals surface area contributed by atoms with Crippen LogP contribution >= 0.6 is 0 Å². The Labute approximate surface area is 163 Å². The Morgan fingerprint density at radius 3 is 2.43 bits per heavy atom. The van der Waals surface area contributed by atoms with E-state index in [9.17, 15) is 19.2 Å². The molecule has 0 radical (unpaired) electrons. The van der Waals surface area contributed by atoms with Gasteiger partial charge < -0.3 is 14.4 Å². The lowest BCUT2D eigenvalue weighted by molar-refractivity contribution is -0.168. The molecule has 1 fully saturated rings. The average Bonchev–Trinajstić information content (AvgIpc) is 3.13. The Bertz CT molecular complexity index is 729. The number of ether oxygens (including phenoxy) is 2. The van der Waals surface area contributed by atoms with E-state index in [0.29, 0.717) is 12.8 Å². The van der Waals surface area contributed by atoms with Gasteiger partial charge in [0, 0.05) is 6.54 Å². The van der Waals surface area contributed by atoms with E-state index < -0.39 is 35.5 Å². The zero-order chi connectivity index (χ0) is 20.7. The summed E-state index contributed by atoms with van der Waals surface area (Å²) in [7, 11) is 0. The van der Waals surface area contributed by atoms with E-state index in [2.05, 4.69) is 10.9 Å². The lowest BCUT2D eigenvalue weighted by Crippen LogP contribution is -2.53. The van der Waals surface area contributed by atoms with Gasteiger partial charge in [0.2, 0.25) is 0 Å². The van der Waals surface area contributed by atoms with Crippen molar-refractivity contribution in [2.24, 2.45) is 0 Å². The molecule has 9 heteroatoms. The normalized spacial score (nSPS) is 16.2. The van der Waals surface area contributed by atoms with E-state index in [-0.39, 0.29) is 13.2 Å². The minimum atomic E-state index is -1.01. The molecule has 2 rings (SSSR count). The molecule has 2 N–H and O–H groups in total. The van der Waals surface area contributed by atoms with Crippen LogP contribution < -0.4 is 10.9 Å². The number of esters is 1. The summed E-state index contributed by atoms with van der Waals surface area (Å²) in [4.78, 5) is 49.4. The zero-order valence-electron chi connectivity index (χ0n) is 16.2. The molecule has 0 aromatic heterocycles. The number of carbonyl (C=O) groups is 4. The lowest BCUT2D eigenvalue weighted by atomic mass is 10.2. The molecule has 9 nitrogen and oxygen atoms in total. The first-order chi connectivity index (χ1) is 13.2. The highest BCUT2D eigenvalue weighted by atomic mass is 16.6. The SMILES string of the molecule is CC(C)(C)OC(=O)C(=O)N1CCC[C@H]1C(=O)NNC(=O)OCc1ccccc1. The third-order valence-corrected chi connectivity index (χ3v) is 3.89. The van der Waals surface area contributed by atoms with Crippen molar-refractivity contribution < 1.29 is 28.7 Å². The first-order valence-electron chi connectivity index (χ1n) is 8.98. The maximum atomic E-state index is 12.3. The Kier molecular flexibility index (Phi) is 6.97. The van der Waals surface area contributed by atoms with Crippen molar-refractivity contribution in [1.82, 2.24) is 15.8 Å². The van der Waals surface area contributed by atoms with Crippen molar-refractivity contribution in [2.75, 3.05) is 6.54 Å². The maximum absolute atomic E-state index is 12.3. The molecule has 0 saturated carbocycles. The summed E-state index contributed by atoms with van der Waals surface area (Å²) in [5.74, 6) is -2.49. The average molecular weight is 391 g/mol. The summed E-state index contributed by atoms with van der Waals surface area (Å²) in [5.41, 5.74) is 4.35. The fourth-order valence-electron chi connectivity index (χ4n) is 2.68. The Morgan fingerprint density at radius 2 is 1.79 bits per heavy atom. The minimum Gasteiger partial charge on any atom is -0.453 e. The van der Waals surface area contributed by atoms with Crippen LogP contribution in [0.1, 0.15) is 39.2 Å². The smallest absolute Gasteiger partial charge is 0.426 e. The van der Waals surface area contributed by atoms with Gasteiger partial charge in [0.1, 0.15) is 18.2 Å². The van der Waals surface area contributed by atoms with E-state index in [0.717, 1.165) is 10.5 Å². The van der Waals surface area contributed by atoms with Gasteiger partial charge in [0.05, 0.1) is 0 Å². The molecule has 1 atom stereocenters. The molecule has 0 bridgehead atoms. The van der Waals surface area contributed by atoms with Crippen LogP contribution in [0.2, 0.25) is 0 Å². The predicted octanol–water partition coefficient (Wildman–Crippen LogP) is 1.28. The van der Waals surface area contributed by atoms with E-state index in [1.165, 1.54) is 0 Å². The lowest BCUT2D eigenvalue weighted by Gasteiger charge is -2.25. The molecule has 28 heavy (non-hydrogen) atoms. The summed E-state index contributed by atoms with van der Waals surface area (Å²) < 4.78 is 10.0. The molecule has 1 saturated heterocycles. The second-order valence-corrected chi connectivity index (χ2v) is 7.33. The Morgan fingerprint density at radius 1 is 1.11 bits per heavy atom. The van der Waals surface area contributed by atoms with Gasteiger partial charge in [-0.05, 0) is 39.2 Å². The fourth-order valence-corrected chi connectivity index (χ4v) is 2.68. The summed E-state index contributed by atoms with van der Waals surface area (Å²) >= 11 is 0. The van der Waals surface area contributed by atoms with Gasteiger partial charge in [0.25, 0.3) is 5.91 Å². The van der Waals surface area contributed by atoms with Gasteiger partial charge in [-0.2, -0.15) is 0 Å². The van der Waals surface area contributed by atoms with E-state index >= 15 is 0 Å². The Balaban J connectivity index is 1.82. The summed E-state index contributed by atoms with van der Waals surface area (Å²) in [6.45, 7) is 5.26. The Hall–Kier alpha value is -3.10. The van der Waals surface area contributed by atoms with E-state index in [4.69, 9.17) is 9.47 Å². The second-order valence-electron chi connectivity index (χ2n) is 7.33. The van der Waals surface area contributed by atoms with Gasteiger partial charge >= 0.3 is 18.0 Å². The number of benzene rings is 1. The number of carbonyl (C=O) groups excluding carboxylic acids is 4. The second kappa shape index (κ2) is 9.20. The van der Waals surface area contributed by atoms with Crippen LogP contribution in [0.15, 0.2) is 30.3 Å². The summed E-state index contributed by atoms with van der Waals surface area (Å²) in [6.07, 6.45) is 0.104. The highest BCUT2D eigenvalue weighted by molar-refractivity contribution is 6.33. The highest BCUT2D eigenvalue weighted by Gasteiger charge is 2.38. The number of nitrogens with one attached hydrogen (secondary N) is 2. The summed E-state index contributed by atoms with van der Waals surface area (Å²) in [5, 5.41) is 0.